The lowest BCUT2D eigenvalue weighted by Crippen LogP contribution is -2.37. The molecule has 0 atom stereocenters. The summed E-state index contributed by atoms with van der Waals surface area (Å²) in [5.41, 5.74) is 2.87. The van der Waals surface area contributed by atoms with E-state index in [0.29, 0.717) is 31.3 Å². The van der Waals surface area contributed by atoms with Crippen LogP contribution in [0.1, 0.15) is 37.8 Å². The van der Waals surface area contributed by atoms with Gasteiger partial charge in [0.25, 0.3) is 0 Å². The topological polar surface area (TPSA) is 79.5 Å². The van der Waals surface area contributed by atoms with Gasteiger partial charge in [-0.1, -0.05) is 38.1 Å². The summed E-state index contributed by atoms with van der Waals surface area (Å²) in [4.78, 5) is 22.9. The fourth-order valence-electron chi connectivity index (χ4n) is 2.49. The van der Waals surface area contributed by atoms with Gasteiger partial charge in [0.05, 0.1) is 6.54 Å². The minimum atomic E-state index is -0.265. The van der Waals surface area contributed by atoms with Crippen molar-refractivity contribution >= 4 is 17.6 Å². The number of ether oxygens (including phenoxy) is 1. The molecule has 0 bridgehead atoms. The molecule has 2 rings (SSSR count). The van der Waals surface area contributed by atoms with Crippen LogP contribution in [-0.2, 0) is 11.3 Å². The second-order valence-electron chi connectivity index (χ2n) is 6.56. The van der Waals surface area contributed by atoms with Crippen LogP contribution in [0.2, 0.25) is 0 Å². The largest absolute Gasteiger partial charge is 0.492 e. The van der Waals surface area contributed by atoms with Gasteiger partial charge in [0.15, 0.2) is 0 Å². The summed E-state index contributed by atoms with van der Waals surface area (Å²) in [6, 6.07) is 15.1. The van der Waals surface area contributed by atoms with Gasteiger partial charge in [-0.2, -0.15) is 0 Å². The number of hydrogen-bond acceptors (Lipinski definition) is 3. The lowest BCUT2D eigenvalue weighted by molar-refractivity contribution is -0.114. The third-order valence-corrected chi connectivity index (χ3v) is 3.90. The van der Waals surface area contributed by atoms with Crippen molar-refractivity contribution in [3.8, 4) is 5.75 Å². The third-order valence-electron chi connectivity index (χ3n) is 3.90. The molecule has 3 amide bonds. The molecule has 0 unspecified atom stereocenters. The Morgan fingerprint density at radius 2 is 1.78 bits per heavy atom. The highest BCUT2D eigenvalue weighted by molar-refractivity contribution is 5.88. The van der Waals surface area contributed by atoms with Crippen molar-refractivity contribution in [3.63, 3.8) is 0 Å². The maximum absolute atomic E-state index is 11.9. The van der Waals surface area contributed by atoms with Gasteiger partial charge in [0, 0.05) is 19.2 Å². The zero-order valence-electron chi connectivity index (χ0n) is 16.0. The molecule has 0 saturated carbocycles. The average Bonchev–Trinajstić information content (AvgIpc) is 2.64. The monoisotopic (exact) mass is 369 g/mol. The van der Waals surface area contributed by atoms with E-state index in [1.54, 1.807) is 6.07 Å². The Morgan fingerprint density at radius 1 is 1.04 bits per heavy atom. The van der Waals surface area contributed by atoms with Crippen molar-refractivity contribution in [2.24, 2.45) is 0 Å². The van der Waals surface area contributed by atoms with E-state index in [9.17, 15) is 9.59 Å². The zero-order chi connectivity index (χ0) is 19.6. The summed E-state index contributed by atoms with van der Waals surface area (Å²) in [6.07, 6.45) is 0. The summed E-state index contributed by atoms with van der Waals surface area (Å²) in [6.45, 7) is 6.93. The van der Waals surface area contributed by atoms with Crippen LogP contribution >= 0.6 is 0 Å². The van der Waals surface area contributed by atoms with Gasteiger partial charge in [-0.05, 0) is 41.3 Å². The van der Waals surface area contributed by atoms with Crippen LogP contribution in [0.3, 0.4) is 0 Å². The maximum Gasteiger partial charge on any atom is 0.315 e. The van der Waals surface area contributed by atoms with Crippen molar-refractivity contribution in [1.29, 1.82) is 0 Å². The first-order chi connectivity index (χ1) is 12.9. The molecule has 144 valence electrons. The molecule has 6 heteroatoms. The molecule has 0 aliphatic carbocycles. The van der Waals surface area contributed by atoms with Crippen molar-refractivity contribution in [2.75, 3.05) is 18.5 Å². The molecule has 6 nitrogen and oxygen atoms in total. The zero-order valence-corrected chi connectivity index (χ0v) is 16.0. The molecule has 0 saturated heterocycles. The van der Waals surface area contributed by atoms with Crippen LogP contribution < -0.4 is 20.7 Å². The van der Waals surface area contributed by atoms with E-state index >= 15 is 0 Å². The van der Waals surface area contributed by atoms with Crippen LogP contribution in [0.5, 0.6) is 5.75 Å². The molecule has 0 fully saturated rings. The normalized spacial score (nSPS) is 10.4. The Kier molecular flexibility index (Phi) is 7.67. The lowest BCUT2D eigenvalue weighted by Gasteiger charge is -2.11. The van der Waals surface area contributed by atoms with Gasteiger partial charge >= 0.3 is 6.03 Å². The van der Waals surface area contributed by atoms with Gasteiger partial charge in [-0.15, -0.1) is 0 Å². The van der Waals surface area contributed by atoms with E-state index in [4.69, 9.17) is 4.74 Å². The molecule has 2 aromatic rings. The second kappa shape index (κ2) is 10.2. The molecular weight excluding hydrogens is 342 g/mol. The molecule has 0 aliphatic heterocycles. The quantitative estimate of drug-likeness (QED) is 0.622. The van der Waals surface area contributed by atoms with Crippen LogP contribution in [0, 0.1) is 0 Å². The van der Waals surface area contributed by atoms with Crippen molar-refractivity contribution in [2.45, 2.75) is 33.2 Å². The van der Waals surface area contributed by atoms with Crippen LogP contribution in [0.25, 0.3) is 0 Å². The summed E-state index contributed by atoms with van der Waals surface area (Å²) >= 11 is 0. The van der Waals surface area contributed by atoms with Gasteiger partial charge in [-0.25, -0.2) is 4.79 Å². The summed E-state index contributed by atoms with van der Waals surface area (Å²) in [5.74, 6) is 1.15. The van der Waals surface area contributed by atoms with Crippen molar-refractivity contribution in [1.82, 2.24) is 10.6 Å². The molecule has 0 heterocycles. The minimum Gasteiger partial charge on any atom is -0.492 e. The van der Waals surface area contributed by atoms with Crippen LogP contribution in [0.15, 0.2) is 48.5 Å². The van der Waals surface area contributed by atoms with E-state index in [2.05, 4.69) is 41.9 Å². The summed E-state index contributed by atoms with van der Waals surface area (Å²) in [7, 11) is 0. The molecule has 0 aromatic heterocycles. The highest BCUT2D eigenvalue weighted by Gasteiger charge is 2.03. The highest BCUT2D eigenvalue weighted by Crippen LogP contribution is 2.18. The number of urea groups is 1. The maximum atomic E-state index is 11.9. The van der Waals surface area contributed by atoms with Crippen molar-refractivity contribution < 1.29 is 14.3 Å². The number of hydrogen-bond donors (Lipinski definition) is 3. The predicted octanol–water partition coefficient (Wildman–Crippen LogP) is 3.65. The average molecular weight is 369 g/mol. The third kappa shape index (κ3) is 7.40. The Morgan fingerprint density at radius 3 is 2.44 bits per heavy atom. The summed E-state index contributed by atoms with van der Waals surface area (Å²) < 4.78 is 5.62. The van der Waals surface area contributed by atoms with E-state index in [1.807, 2.05) is 30.3 Å². The Labute approximate surface area is 160 Å². The van der Waals surface area contributed by atoms with Gasteiger partial charge < -0.3 is 20.7 Å². The number of nitrogens with one attached hydrogen (secondary N) is 3. The molecular formula is C21H27N3O3. The first kappa shape index (κ1) is 20.3. The molecule has 27 heavy (non-hydrogen) atoms. The number of rotatable bonds is 8. The van der Waals surface area contributed by atoms with E-state index in [-0.39, 0.29) is 11.9 Å². The standard InChI is InChI=1S/C21H27N3O3/c1-15(2)18-7-9-20(10-8-18)27-12-11-22-21(26)23-14-17-5-4-6-19(13-17)24-16(3)25/h4-10,13,15H,11-12,14H2,1-3H3,(H,24,25)(H2,22,23,26). The molecule has 0 aliphatic rings. The smallest absolute Gasteiger partial charge is 0.315 e. The first-order valence-electron chi connectivity index (χ1n) is 9.05. The fourth-order valence-corrected chi connectivity index (χ4v) is 2.49. The predicted molar refractivity (Wildman–Crippen MR) is 107 cm³/mol. The molecule has 3 N–H and O–H groups in total. The number of anilines is 1. The molecule has 2 aromatic carbocycles. The van der Waals surface area contributed by atoms with E-state index in [1.165, 1.54) is 12.5 Å². The van der Waals surface area contributed by atoms with Gasteiger partial charge in [0.2, 0.25) is 5.91 Å². The van der Waals surface area contributed by atoms with Crippen LogP contribution in [0.4, 0.5) is 10.5 Å². The SMILES string of the molecule is CC(=O)Nc1cccc(CNC(=O)NCCOc2ccc(C(C)C)cc2)c1. The summed E-state index contributed by atoms with van der Waals surface area (Å²) in [5, 5.41) is 8.25. The van der Waals surface area contributed by atoms with Crippen LogP contribution in [-0.4, -0.2) is 25.1 Å². The van der Waals surface area contributed by atoms with E-state index in [0.717, 1.165) is 11.3 Å². The minimum absolute atomic E-state index is 0.128. The second-order valence-corrected chi connectivity index (χ2v) is 6.56. The number of amides is 3. The molecule has 0 spiro atoms. The number of carbonyl (C=O) groups excluding carboxylic acids is 2. The van der Waals surface area contributed by atoms with Crippen molar-refractivity contribution in [3.05, 3.63) is 59.7 Å². The number of carbonyl (C=O) groups is 2. The first-order valence-corrected chi connectivity index (χ1v) is 9.05. The van der Waals surface area contributed by atoms with Gasteiger partial charge in [-0.3, -0.25) is 4.79 Å². The number of benzene rings is 2. The lowest BCUT2D eigenvalue weighted by atomic mass is 10.0. The van der Waals surface area contributed by atoms with E-state index < -0.39 is 0 Å². The fraction of sp³-hybridized carbons (Fsp3) is 0.333. The Hall–Kier alpha value is -3.02. The van der Waals surface area contributed by atoms with Gasteiger partial charge in [0.1, 0.15) is 12.4 Å². The highest BCUT2D eigenvalue weighted by atomic mass is 16.5. The Balaban J connectivity index is 1.67. The Bertz CT molecular complexity index is 758. The molecule has 0 radical (unpaired) electrons.